The topological polar surface area (TPSA) is 70.0 Å². The molecule has 0 unspecified atom stereocenters. The van der Waals surface area contributed by atoms with Gasteiger partial charge in [-0.2, -0.15) is 5.26 Å². The number of hydrogen-bond acceptors (Lipinski definition) is 3. The highest BCUT2D eigenvalue weighted by Gasteiger charge is 2.18. The van der Waals surface area contributed by atoms with Crippen molar-refractivity contribution in [2.45, 2.75) is 4.90 Å². The van der Waals surface area contributed by atoms with Crippen molar-refractivity contribution < 1.29 is 17.2 Å². The number of sulfonamides is 1. The third kappa shape index (κ3) is 2.75. The first-order chi connectivity index (χ1) is 9.44. The van der Waals surface area contributed by atoms with Crippen LogP contribution in [-0.2, 0) is 10.0 Å². The van der Waals surface area contributed by atoms with Crippen LogP contribution in [-0.4, -0.2) is 8.42 Å². The maximum atomic E-state index is 13.4. The highest BCUT2D eigenvalue weighted by molar-refractivity contribution is 7.92. The quantitative estimate of drug-likeness (QED) is 0.946. The molecule has 0 amide bonds. The molecule has 0 aliphatic carbocycles. The molecule has 0 bridgehead atoms. The van der Waals surface area contributed by atoms with Gasteiger partial charge >= 0.3 is 0 Å². The van der Waals surface area contributed by atoms with Gasteiger partial charge in [0.25, 0.3) is 10.0 Å². The van der Waals surface area contributed by atoms with Crippen molar-refractivity contribution in [3.05, 3.63) is 59.7 Å². The minimum Gasteiger partial charge on any atom is -0.277 e. The van der Waals surface area contributed by atoms with E-state index in [-0.39, 0.29) is 10.5 Å². The predicted molar refractivity (Wildman–Crippen MR) is 68.3 cm³/mol. The van der Waals surface area contributed by atoms with Crippen molar-refractivity contribution in [2.24, 2.45) is 0 Å². The lowest BCUT2D eigenvalue weighted by atomic mass is 10.2. The molecule has 0 atom stereocenters. The fourth-order valence-electron chi connectivity index (χ4n) is 1.52. The Morgan fingerprint density at radius 1 is 1.10 bits per heavy atom. The van der Waals surface area contributed by atoms with Crippen LogP contribution in [0.5, 0.6) is 0 Å². The molecule has 0 fully saturated rings. The molecule has 2 rings (SSSR count). The molecule has 0 spiro atoms. The Balaban J connectivity index is 2.41. The molecule has 4 nitrogen and oxygen atoms in total. The lowest BCUT2D eigenvalue weighted by Gasteiger charge is -2.09. The van der Waals surface area contributed by atoms with Gasteiger partial charge in [-0.15, -0.1) is 0 Å². The first-order valence-corrected chi connectivity index (χ1v) is 6.89. The smallest absolute Gasteiger partial charge is 0.262 e. The molecule has 0 saturated heterocycles. The maximum absolute atomic E-state index is 13.4. The Kier molecular flexibility index (Phi) is 3.68. The summed E-state index contributed by atoms with van der Waals surface area (Å²) in [5.41, 5.74) is -0.347. The van der Waals surface area contributed by atoms with E-state index in [0.717, 1.165) is 18.2 Å². The number of hydrogen-bond donors (Lipinski definition) is 1. The first-order valence-electron chi connectivity index (χ1n) is 5.41. The number of nitrogens with one attached hydrogen (secondary N) is 1. The number of anilines is 1. The Morgan fingerprint density at radius 3 is 2.50 bits per heavy atom. The Labute approximate surface area is 114 Å². The molecule has 0 aliphatic heterocycles. The lowest BCUT2D eigenvalue weighted by Crippen LogP contribution is -2.14. The minimum absolute atomic E-state index is 0.146. The molecule has 0 aromatic heterocycles. The zero-order valence-corrected chi connectivity index (χ0v) is 10.8. The van der Waals surface area contributed by atoms with E-state index < -0.39 is 27.3 Å². The molecule has 0 saturated carbocycles. The van der Waals surface area contributed by atoms with Crippen molar-refractivity contribution in [3.8, 4) is 6.07 Å². The highest BCUT2D eigenvalue weighted by Crippen LogP contribution is 2.21. The summed E-state index contributed by atoms with van der Waals surface area (Å²) in [7, 11) is -4.09. The molecule has 0 aliphatic rings. The van der Waals surface area contributed by atoms with Crippen molar-refractivity contribution in [3.63, 3.8) is 0 Å². The summed E-state index contributed by atoms with van der Waals surface area (Å²) in [5.74, 6) is -2.44. The van der Waals surface area contributed by atoms with Gasteiger partial charge in [0.15, 0.2) is 11.6 Å². The van der Waals surface area contributed by atoms with Gasteiger partial charge in [0.05, 0.1) is 22.2 Å². The third-order valence-corrected chi connectivity index (χ3v) is 3.83. The third-order valence-electron chi connectivity index (χ3n) is 2.47. The van der Waals surface area contributed by atoms with Crippen LogP contribution in [0.4, 0.5) is 14.5 Å². The number of benzene rings is 2. The van der Waals surface area contributed by atoms with E-state index in [2.05, 4.69) is 0 Å². The number of nitriles is 1. The van der Waals surface area contributed by atoms with Crippen LogP contribution in [0.15, 0.2) is 47.4 Å². The zero-order chi connectivity index (χ0) is 14.8. The zero-order valence-electron chi connectivity index (χ0n) is 9.97. The van der Waals surface area contributed by atoms with Crippen LogP contribution < -0.4 is 4.72 Å². The van der Waals surface area contributed by atoms with E-state index >= 15 is 0 Å². The van der Waals surface area contributed by atoms with E-state index in [9.17, 15) is 17.2 Å². The average molecular weight is 294 g/mol. The Hall–Kier alpha value is -2.46. The first kappa shape index (κ1) is 14.0. The van der Waals surface area contributed by atoms with Crippen LogP contribution in [0.3, 0.4) is 0 Å². The second kappa shape index (κ2) is 5.27. The predicted octanol–water partition coefficient (Wildman–Crippen LogP) is 2.64. The van der Waals surface area contributed by atoms with Crippen LogP contribution in [0.1, 0.15) is 5.56 Å². The van der Waals surface area contributed by atoms with Crippen LogP contribution in [0.25, 0.3) is 0 Å². The Bertz CT molecular complexity index is 798. The lowest BCUT2D eigenvalue weighted by molar-refractivity contribution is 0.511. The summed E-state index contributed by atoms with van der Waals surface area (Å²) in [4.78, 5) is -0.208. The maximum Gasteiger partial charge on any atom is 0.262 e. The van der Waals surface area contributed by atoms with E-state index in [1.165, 1.54) is 24.3 Å². The van der Waals surface area contributed by atoms with E-state index in [0.29, 0.717) is 0 Å². The van der Waals surface area contributed by atoms with E-state index in [1.54, 1.807) is 6.07 Å². The Morgan fingerprint density at radius 2 is 1.80 bits per heavy atom. The summed E-state index contributed by atoms with van der Waals surface area (Å²) in [6.07, 6.45) is 0. The van der Waals surface area contributed by atoms with Crippen LogP contribution >= 0.6 is 0 Å². The van der Waals surface area contributed by atoms with Gasteiger partial charge < -0.3 is 0 Å². The van der Waals surface area contributed by atoms with Gasteiger partial charge in [-0.25, -0.2) is 17.2 Å². The summed E-state index contributed by atoms with van der Waals surface area (Å²) in [6, 6.07) is 10.2. The van der Waals surface area contributed by atoms with E-state index in [4.69, 9.17) is 5.26 Å². The van der Waals surface area contributed by atoms with Gasteiger partial charge in [0.2, 0.25) is 0 Å². The number of halogens is 2. The van der Waals surface area contributed by atoms with Gasteiger partial charge in [-0.1, -0.05) is 12.1 Å². The summed E-state index contributed by atoms with van der Waals surface area (Å²) < 4.78 is 52.5. The molecular formula is C13H8F2N2O2S. The van der Waals surface area contributed by atoms with Crippen LogP contribution in [0, 0.1) is 23.0 Å². The van der Waals surface area contributed by atoms with E-state index in [1.807, 2.05) is 4.72 Å². The minimum atomic E-state index is -4.09. The largest absolute Gasteiger partial charge is 0.277 e. The fourth-order valence-corrected chi connectivity index (χ4v) is 2.62. The SMILES string of the molecule is N#Cc1cccc(S(=O)(=O)Nc2cccc(F)c2F)c1. The molecule has 1 N–H and O–H groups in total. The van der Waals surface area contributed by atoms with Crippen LogP contribution in [0.2, 0.25) is 0 Å². The molecule has 2 aromatic carbocycles. The summed E-state index contributed by atoms with van der Waals surface area (Å²) >= 11 is 0. The van der Waals surface area contributed by atoms with Crippen molar-refractivity contribution in [1.29, 1.82) is 5.26 Å². The normalized spacial score (nSPS) is 10.8. The van der Waals surface area contributed by atoms with Gasteiger partial charge in [0.1, 0.15) is 0 Å². The van der Waals surface area contributed by atoms with Gasteiger partial charge in [-0.05, 0) is 30.3 Å². The second-order valence-corrected chi connectivity index (χ2v) is 5.53. The molecule has 7 heteroatoms. The van der Waals surface area contributed by atoms with Crippen molar-refractivity contribution in [1.82, 2.24) is 0 Å². The summed E-state index contributed by atoms with van der Waals surface area (Å²) in [6.45, 7) is 0. The monoisotopic (exact) mass is 294 g/mol. The molecule has 20 heavy (non-hydrogen) atoms. The van der Waals surface area contributed by atoms with Crippen molar-refractivity contribution in [2.75, 3.05) is 4.72 Å². The highest BCUT2D eigenvalue weighted by atomic mass is 32.2. The molecular weight excluding hydrogens is 286 g/mol. The second-order valence-electron chi connectivity index (χ2n) is 3.85. The van der Waals surface area contributed by atoms with Crippen molar-refractivity contribution >= 4 is 15.7 Å². The number of rotatable bonds is 3. The molecule has 0 radical (unpaired) electrons. The molecule has 0 heterocycles. The summed E-state index contributed by atoms with van der Waals surface area (Å²) in [5, 5.41) is 8.72. The molecule has 2 aromatic rings. The van der Waals surface area contributed by atoms with Gasteiger partial charge in [0, 0.05) is 0 Å². The standard InChI is InChI=1S/C13H8F2N2O2S/c14-11-5-2-6-12(13(11)15)17-20(18,19)10-4-1-3-9(7-10)8-16/h1-7,17H. The van der Waals surface area contributed by atoms with Gasteiger partial charge in [-0.3, -0.25) is 4.72 Å². The number of nitrogens with zero attached hydrogens (tertiary/aromatic N) is 1. The fraction of sp³-hybridized carbons (Fsp3) is 0. The average Bonchev–Trinajstić information content (AvgIpc) is 2.44. The molecule has 102 valence electrons.